The molecule has 1 heterocycles. The van der Waals surface area contributed by atoms with Crippen LogP contribution in [0.4, 0.5) is 5.13 Å². The first kappa shape index (κ1) is 24.6. The highest BCUT2D eigenvalue weighted by Crippen LogP contribution is 2.61. The summed E-state index contributed by atoms with van der Waals surface area (Å²) in [7, 11) is -2.84. The number of benzene rings is 1. The number of thiazole rings is 1. The normalized spacial score (nSPS) is 17.5. The fourth-order valence-electron chi connectivity index (χ4n) is 3.74. The van der Waals surface area contributed by atoms with Gasteiger partial charge >= 0.3 is 5.97 Å². The molecule has 0 spiro atoms. The van der Waals surface area contributed by atoms with Crippen LogP contribution in [-0.2, 0) is 14.4 Å². The molecule has 0 saturated heterocycles. The maximum absolute atomic E-state index is 13.2. The highest BCUT2D eigenvalue weighted by Gasteiger charge is 2.37. The molecule has 2 aliphatic carbocycles. The molecule has 0 atom stereocenters. The van der Waals surface area contributed by atoms with Crippen molar-refractivity contribution in [2.24, 2.45) is 5.16 Å². The van der Waals surface area contributed by atoms with Crippen LogP contribution in [0, 0.1) is 6.92 Å². The van der Waals surface area contributed by atoms with E-state index in [2.05, 4.69) is 15.5 Å². The zero-order valence-corrected chi connectivity index (χ0v) is 20.8. The number of aryl methyl sites for hydroxylation is 1. The van der Waals surface area contributed by atoms with Gasteiger partial charge in [0, 0.05) is 5.56 Å². The summed E-state index contributed by atoms with van der Waals surface area (Å²) < 4.78 is 26.0. The minimum atomic E-state index is -2.84. The van der Waals surface area contributed by atoms with Crippen molar-refractivity contribution in [2.45, 2.75) is 68.6 Å². The first-order valence-corrected chi connectivity index (χ1v) is 13.8. The highest BCUT2D eigenvalue weighted by molar-refractivity contribution is 8.25. The highest BCUT2D eigenvalue weighted by atomic mass is 32.3. The minimum absolute atomic E-state index is 0.0403. The zero-order valence-electron chi connectivity index (χ0n) is 19.2. The molecule has 2 saturated carbocycles. The SMILES string of the molecule is CCOC(=O)c1sc(NC(=O)/C(=N/OC2CCCC2)c2ccc(S(O)(O)C3CC3)cc2)nc1C. The average molecular weight is 508 g/mol. The molecule has 2 aromatic rings. The van der Waals surface area contributed by atoms with E-state index >= 15 is 0 Å². The van der Waals surface area contributed by atoms with Gasteiger partial charge < -0.3 is 9.57 Å². The number of nitrogens with zero attached hydrogens (tertiary/aromatic N) is 2. The molecule has 1 amide bonds. The van der Waals surface area contributed by atoms with Gasteiger partial charge in [0.25, 0.3) is 5.91 Å². The lowest BCUT2D eigenvalue weighted by atomic mass is 10.1. The lowest BCUT2D eigenvalue weighted by Crippen LogP contribution is -2.25. The van der Waals surface area contributed by atoms with Crippen LogP contribution in [0.2, 0.25) is 0 Å². The van der Waals surface area contributed by atoms with Crippen LogP contribution in [0.1, 0.15) is 66.4 Å². The number of esters is 1. The summed E-state index contributed by atoms with van der Waals surface area (Å²) in [4.78, 5) is 36.0. The Balaban J connectivity index is 1.56. The van der Waals surface area contributed by atoms with E-state index in [1.54, 1.807) is 38.1 Å². The Bertz CT molecular complexity index is 1070. The molecule has 2 aliphatic rings. The maximum atomic E-state index is 13.2. The van der Waals surface area contributed by atoms with E-state index < -0.39 is 22.5 Å². The summed E-state index contributed by atoms with van der Waals surface area (Å²) in [5.74, 6) is -1.02. The standard InChI is InChI=1S/C23H29N3O6S2/c1-3-31-22(28)20-14(2)24-23(33-20)25-21(27)19(26-32-16-6-4-5-7-16)15-8-10-17(11-9-15)34(29,30)18-12-13-18/h8-11,16,18,29-30H,3-7,12-13H2,1-2H3,(H,24,25,27)/b26-19+. The van der Waals surface area contributed by atoms with Crippen molar-refractivity contribution in [1.29, 1.82) is 0 Å². The fourth-order valence-corrected chi connectivity index (χ4v) is 6.31. The van der Waals surface area contributed by atoms with Crippen LogP contribution in [0.15, 0.2) is 34.3 Å². The Morgan fingerprint density at radius 1 is 1.18 bits per heavy atom. The maximum Gasteiger partial charge on any atom is 0.350 e. The van der Waals surface area contributed by atoms with Crippen LogP contribution in [0.25, 0.3) is 0 Å². The molecule has 0 unspecified atom stereocenters. The van der Waals surface area contributed by atoms with Gasteiger partial charge in [-0.1, -0.05) is 28.6 Å². The first-order chi connectivity index (χ1) is 16.3. The summed E-state index contributed by atoms with van der Waals surface area (Å²) in [6.07, 6.45) is 5.45. The van der Waals surface area contributed by atoms with Crippen molar-refractivity contribution in [3.63, 3.8) is 0 Å². The molecular formula is C23H29N3O6S2. The molecule has 2 fully saturated rings. The lowest BCUT2D eigenvalue weighted by Gasteiger charge is -2.32. The third-order valence-electron chi connectivity index (χ3n) is 5.75. The van der Waals surface area contributed by atoms with Crippen molar-refractivity contribution < 1.29 is 28.3 Å². The Morgan fingerprint density at radius 3 is 2.47 bits per heavy atom. The van der Waals surface area contributed by atoms with Gasteiger partial charge in [0.15, 0.2) is 10.8 Å². The number of anilines is 1. The monoisotopic (exact) mass is 507 g/mol. The van der Waals surface area contributed by atoms with E-state index in [9.17, 15) is 18.7 Å². The van der Waals surface area contributed by atoms with Gasteiger partial charge in [0.05, 0.1) is 22.4 Å². The second-order valence-electron chi connectivity index (χ2n) is 8.38. The summed E-state index contributed by atoms with van der Waals surface area (Å²) >= 11 is 1.03. The first-order valence-electron chi connectivity index (χ1n) is 11.4. The second kappa shape index (κ2) is 10.4. The van der Waals surface area contributed by atoms with Gasteiger partial charge in [-0.25, -0.2) is 9.78 Å². The van der Waals surface area contributed by atoms with E-state index in [4.69, 9.17) is 9.57 Å². The van der Waals surface area contributed by atoms with E-state index in [-0.39, 0.29) is 28.8 Å². The summed E-state index contributed by atoms with van der Waals surface area (Å²) in [6.45, 7) is 3.64. The number of amides is 1. The van der Waals surface area contributed by atoms with Crippen LogP contribution in [-0.4, -0.2) is 49.6 Å². The number of carbonyl (C=O) groups excluding carboxylic acids is 2. The topological polar surface area (TPSA) is 130 Å². The molecule has 184 valence electrons. The number of nitrogens with one attached hydrogen (secondary N) is 1. The predicted octanol–water partition coefficient (Wildman–Crippen LogP) is 5.20. The number of hydrogen-bond acceptors (Lipinski definition) is 9. The largest absolute Gasteiger partial charge is 0.462 e. The van der Waals surface area contributed by atoms with Gasteiger partial charge in [-0.15, -0.1) is 0 Å². The molecule has 11 heteroatoms. The van der Waals surface area contributed by atoms with Crippen molar-refractivity contribution >= 4 is 44.6 Å². The number of hydrogen-bond donors (Lipinski definition) is 3. The van der Waals surface area contributed by atoms with E-state index in [0.717, 1.165) is 49.9 Å². The third-order valence-corrected chi connectivity index (χ3v) is 9.17. The number of ether oxygens (including phenoxy) is 1. The number of carbonyl (C=O) groups is 2. The number of oxime groups is 1. The smallest absolute Gasteiger partial charge is 0.350 e. The van der Waals surface area contributed by atoms with Crippen LogP contribution in [0.3, 0.4) is 0 Å². The molecule has 9 nitrogen and oxygen atoms in total. The van der Waals surface area contributed by atoms with Crippen LogP contribution >= 0.6 is 21.9 Å². The van der Waals surface area contributed by atoms with Gasteiger partial charge in [-0.2, -0.15) is 10.6 Å². The fraction of sp³-hybridized carbons (Fsp3) is 0.478. The van der Waals surface area contributed by atoms with Gasteiger partial charge in [0.2, 0.25) is 0 Å². The van der Waals surface area contributed by atoms with Crippen molar-refractivity contribution in [2.75, 3.05) is 11.9 Å². The number of aromatic nitrogens is 1. The molecule has 4 rings (SSSR count). The zero-order chi connectivity index (χ0) is 24.3. The van der Waals surface area contributed by atoms with E-state index in [1.807, 2.05) is 0 Å². The molecule has 0 bridgehead atoms. The molecular weight excluding hydrogens is 478 g/mol. The van der Waals surface area contributed by atoms with Gasteiger partial charge in [-0.3, -0.25) is 19.2 Å². The summed E-state index contributed by atoms with van der Waals surface area (Å²) in [5.41, 5.74) is 0.991. The van der Waals surface area contributed by atoms with Crippen molar-refractivity contribution in [3.05, 3.63) is 40.4 Å². The van der Waals surface area contributed by atoms with E-state index in [0.29, 0.717) is 21.0 Å². The summed E-state index contributed by atoms with van der Waals surface area (Å²) in [6, 6.07) is 6.51. The van der Waals surface area contributed by atoms with E-state index in [1.165, 1.54) is 0 Å². The van der Waals surface area contributed by atoms with Gasteiger partial charge in [0.1, 0.15) is 11.0 Å². The average Bonchev–Trinajstić information content (AvgIpc) is 3.44. The van der Waals surface area contributed by atoms with Crippen molar-refractivity contribution in [1.82, 2.24) is 4.98 Å². The number of rotatable bonds is 9. The molecule has 0 aliphatic heterocycles. The van der Waals surface area contributed by atoms with Gasteiger partial charge in [-0.05, 0) is 64.5 Å². The Morgan fingerprint density at radius 2 is 1.85 bits per heavy atom. The Hall–Kier alpha value is -2.47. The Labute approximate surface area is 203 Å². The third kappa shape index (κ3) is 5.60. The van der Waals surface area contributed by atoms with Crippen LogP contribution in [0.5, 0.6) is 0 Å². The molecule has 34 heavy (non-hydrogen) atoms. The van der Waals surface area contributed by atoms with Crippen LogP contribution < -0.4 is 5.32 Å². The summed E-state index contributed by atoms with van der Waals surface area (Å²) in [5, 5.41) is 7.03. The molecule has 3 N–H and O–H groups in total. The quantitative estimate of drug-likeness (QED) is 0.241. The molecule has 1 aromatic heterocycles. The second-order valence-corrected chi connectivity index (χ2v) is 11.7. The Kier molecular flexibility index (Phi) is 7.56. The van der Waals surface area contributed by atoms with Crippen molar-refractivity contribution in [3.8, 4) is 0 Å². The molecule has 1 aromatic carbocycles. The molecule has 0 radical (unpaired) electrons. The lowest BCUT2D eigenvalue weighted by molar-refractivity contribution is -0.110. The predicted molar refractivity (Wildman–Crippen MR) is 132 cm³/mol. The minimum Gasteiger partial charge on any atom is -0.462 e.